The second-order valence-electron chi connectivity index (χ2n) is 8.55. The number of hydrogen-bond acceptors (Lipinski definition) is 6. The van der Waals surface area contributed by atoms with E-state index in [1.54, 1.807) is 19.0 Å². The highest BCUT2D eigenvalue weighted by Crippen LogP contribution is 2.12. The maximum atomic E-state index is 12.5. The van der Waals surface area contributed by atoms with Crippen molar-refractivity contribution < 1.29 is 19.1 Å². The number of amides is 2. The van der Waals surface area contributed by atoms with Crippen molar-refractivity contribution in [3.05, 3.63) is 0 Å². The normalized spacial score (nSPS) is 23.5. The summed E-state index contributed by atoms with van der Waals surface area (Å²) in [4.78, 5) is 37.0. The number of ether oxygens (including phenoxy) is 2. The number of guanidine groups is 1. The fraction of sp³-hybridized carbons (Fsp3) is 0.857. The molecule has 1 N–H and O–H groups in total. The summed E-state index contributed by atoms with van der Waals surface area (Å²) in [5.41, 5.74) is 0. The van der Waals surface area contributed by atoms with E-state index in [9.17, 15) is 9.59 Å². The molecule has 1 unspecified atom stereocenters. The van der Waals surface area contributed by atoms with Crippen LogP contribution in [-0.2, 0) is 19.1 Å². The van der Waals surface area contributed by atoms with Crippen LogP contribution in [-0.4, -0.2) is 136 Å². The lowest BCUT2D eigenvalue weighted by Crippen LogP contribution is -2.55. The summed E-state index contributed by atoms with van der Waals surface area (Å²) in [7, 11) is 3.48. The highest BCUT2D eigenvalue weighted by atomic mass is 16.5. The molecule has 0 aromatic carbocycles. The third-order valence-corrected chi connectivity index (χ3v) is 6.02. The summed E-state index contributed by atoms with van der Waals surface area (Å²) >= 11 is 0. The number of aliphatic imine (C=N–C) groups is 1. The number of rotatable bonds is 6. The van der Waals surface area contributed by atoms with E-state index < -0.39 is 0 Å². The van der Waals surface area contributed by atoms with Gasteiger partial charge in [0.25, 0.3) is 0 Å². The zero-order valence-electron chi connectivity index (χ0n) is 19.1. The van der Waals surface area contributed by atoms with Crippen LogP contribution in [0.5, 0.6) is 0 Å². The van der Waals surface area contributed by atoms with Crippen molar-refractivity contribution >= 4 is 17.8 Å². The van der Waals surface area contributed by atoms with Gasteiger partial charge < -0.3 is 29.5 Å². The van der Waals surface area contributed by atoms with Crippen LogP contribution in [0.3, 0.4) is 0 Å². The first-order valence-corrected chi connectivity index (χ1v) is 11.5. The van der Waals surface area contributed by atoms with Crippen LogP contribution in [0.25, 0.3) is 0 Å². The number of piperazine rings is 1. The summed E-state index contributed by atoms with van der Waals surface area (Å²) < 4.78 is 11.2. The van der Waals surface area contributed by atoms with Gasteiger partial charge in [0.2, 0.25) is 11.8 Å². The van der Waals surface area contributed by atoms with Crippen molar-refractivity contribution in [1.82, 2.24) is 24.9 Å². The Morgan fingerprint density at radius 1 is 1.00 bits per heavy atom. The van der Waals surface area contributed by atoms with Crippen molar-refractivity contribution in [2.75, 3.05) is 92.8 Å². The molecule has 0 aliphatic carbocycles. The van der Waals surface area contributed by atoms with Crippen LogP contribution < -0.4 is 5.32 Å². The molecule has 31 heavy (non-hydrogen) atoms. The minimum absolute atomic E-state index is 0.0250. The van der Waals surface area contributed by atoms with Crippen LogP contribution in [0.4, 0.5) is 0 Å². The molecule has 3 aliphatic rings. The van der Waals surface area contributed by atoms with E-state index in [2.05, 4.69) is 20.1 Å². The van der Waals surface area contributed by atoms with Gasteiger partial charge in [-0.15, -0.1) is 0 Å². The molecule has 0 bridgehead atoms. The third kappa shape index (κ3) is 7.62. The van der Waals surface area contributed by atoms with Crippen molar-refractivity contribution in [3.63, 3.8) is 0 Å². The highest BCUT2D eigenvalue weighted by Gasteiger charge is 2.25. The summed E-state index contributed by atoms with van der Waals surface area (Å²) in [6.45, 7) is 7.82. The molecule has 176 valence electrons. The number of morpholine rings is 1. The monoisotopic (exact) mass is 438 g/mol. The molecule has 0 aromatic heterocycles. The van der Waals surface area contributed by atoms with E-state index in [-0.39, 0.29) is 24.5 Å². The van der Waals surface area contributed by atoms with Gasteiger partial charge >= 0.3 is 0 Å². The van der Waals surface area contributed by atoms with Crippen LogP contribution in [0.1, 0.15) is 19.3 Å². The Hall–Kier alpha value is -1.91. The van der Waals surface area contributed by atoms with E-state index in [1.165, 1.54) is 6.42 Å². The van der Waals surface area contributed by atoms with Gasteiger partial charge in [-0.2, -0.15) is 0 Å². The van der Waals surface area contributed by atoms with E-state index in [0.29, 0.717) is 39.4 Å². The molecule has 10 nitrogen and oxygen atoms in total. The van der Waals surface area contributed by atoms with Crippen molar-refractivity contribution in [2.45, 2.75) is 25.4 Å². The number of hydrogen-bond donors (Lipinski definition) is 1. The van der Waals surface area contributed by atoms with E-state index in [0.717, 1.165) is 51.6 Å². The molecular weight excluding hydrogens is 400 g/mol. The molecule has 2 amide bonds. The second-order valence-corrected chi connectivity index (χ2v) is 8.55. The fourth-order valence-electron chi connectivity index (χ4n) is 3.95. The molecular formula is C21H38N6O4. The molecule has 3 rings (SSSR count). The molecule has 0 spiro atoms. The van der Waals surface area contributed by atoms with Gasteiger partial charge in [0, 0.05) is 66.5 Å². The molecule has 3 fully saturated rings. The van der Waals surface area contributed by atoms with Crippen LogP contribution in [0.2, 0.25) is 0 Å². The average Bonchev–Trinajstić information content (AvgIpc) is 2.80. The minimum Gasteiger partial charge on any atom is -0.378 e. The van der Waals surface area contributed by atoms with Gasteiger partial charge in [-0.05, 0) is 19.3 Å². The number of carbonyl (C=O) groups is 2. The maximum Gasteiger partial charge on any atom is 0.243 e. The van der Waals surface area contributed by atoms with Crippen molar-refractivity contribution in [2.24, 2.45) is 4.99 Å². The largest absolute Gasteiger partial charge is 0.378 e. The Bertz CT molecular complexity index is 609. The second kappa shape index (κ2) is 12.2. The predicted molar refractivity (Wildman–Crippen MR) is 118 cm³/mol. The minimum atomic E-state index is -0.0250. The summed E-state index contributed by atoms with van der Waals surface area (Å²) in [6.07, 6.45) is 3.55. The Labute approximate surface area is 185 Å². The number of nitrogens with one attached hydrogen (secondary N) is 1. The van der Waals surface area contributed by atoms with E-state index in [1.807, 2.05) is 4.90 Å². The molecule has 1 atom stereocenters. The summed E-state index contributed by atoms with van der Waals surface area (Å²) in [6, 6.07) is 0. The SMILES string of the molecule is CN(C)C(=O)CN=C(NCC1CCCCO1)N1CCN(CC(=O)N2CCOCC2)CC1. The average molecular weight is 439 g/mol. The first-order chi connectivity index (χ1) is 15.0. The molecule has 10 heteroatoms. The van der Waals surface area contributed by atoms with Gasteiger partial charge in [-0.3, -0.25) is 14.5 Å². The summed E-state index contributed by atoms with van der Waals surface area (Å²) in [5.74, 6) is 0.904. The van der Waals surface area contributed by atoms with Gasteiger partial charge in [-0.25, -0.2) is 4.99 Å². The Morgan fingerprint density at radius 3 is 2.39 bits per heavy atom. The lowest BCUT2D eigenvalue weighted by Gasteiger charge is -2.38. The zero-order chi connectivity index (χ0) is 22.1. The number of likely N-dealkylation sites (N-methyl/N-ethyl adjacent to an activating group) is 1. The lowest BCUT2D eigenvalue weighted by molar-refractivity contribution is -0.136. The van der Waals surface area contributed by atoms with Crippen LogP contribution in [0, 0.1) is 0 Å². The quantitative estimate of drug-likeness (QED) is 0.423. The van der Waals surface area contributed by atoms with Gasteiger partial charge in [-0.1, -0.05) is 0 Å². The smallest absolute Gasteiger partial charge is 0.243 e. The molecule has 0 saturated carbocycles. The fourth-order valence-corrected chi connectivity index (χ4v) is 3.95. The first kappa shape index (κ1) is 23.7. The van der Waals surface area contributed by atoms with Crippen LogP contribution in [0.15, 0.2) is 4.99 Å². The Kier molecular flexibility index (Phi) is 9.35. The molecule has 0 aromatic rings. The highest BCUT2D eigenvalue weighted by molar-refractivity contribution is 5.85. The molecule has 0 radical (unpaired) electrons. The molecule has 3 saturated heterocycles. The van der Waals surface area contributed by atoms with Gasteiger partial charge in [0.05, 0.1) is 25.9 Å². The van der Waals surface area contributed by atoms with Gasteiger partial charge in [0.1, 0.15) is 6.54 Å². The van der Waals surface area contributed by atoms with Crippen molar-refractivity contribution in [1.29, 1.82) is 0 Å². The van der Waals surface area contributed by atoms with E-state index >= 15 is 0 Å². The lowest BCUT2D eigenvalue weighted by atomic mass is 10.1. The number of nitrogens with zero attached hydrogens (tertiary/aromatic N) is 5. The Morgan fingerprint density at radius 2 is 1.74 bits per heavy atom. The third-order valence-electron chi connectivity index (χ3n) is 6.02. The standard InChI is InChI=1S/C21H38N6O4/c1-24(2)19(28)16-23-21(22-15-18-5-3-4-12-31-18)27-8-6-25(7-9-27)17-20(29)26-10-13-30-14-11-26/h18H,3-17H2,1-2H3,(H,22,23). The summed E-state index contributed by atoms with van der Waals surface area (Å²) in [5, 5.41) is 3.43. The first-order valence-electron chi connectivity index (χ1n) is 11.5. The maximum absolute atomic E-state index is 12.5. The molecule has 3 heterocycles. The Balaban J connectivity index is 1.50. The van der Waals surface area contributed by atoms with Gasteiger partial charge in [0.15, 0.2) is 5.96 Å². The number of carbonyl (C=O) groups excluding carboxylic acids is 2. The zero-order valence-corrected chi connectivity index (χ0v) is 19.1. The van der Waals surface area contributed by atoms with Crippen molar-refractivity contribution in [3.8, 4) is 0 Å². The predicted octanol–water partition coefficient (Wildman–Crippen LogP) is -0.934. The van der Waals surface area contributed by atoms with Crippen LogP contribution >= 0.6 is 0 Å². The molecule has 3 aliphatic heterocycles. The topological polar surface area (TPSA) is 90.0 Å². The van der Waals surface area contributed by atoms with E-state index in [4.69, 9.17) is 9.47 Å².